The maximum Gasteiger partial charge on any atom is 0.135 e. The highest BCUT2D eigenvalue weighted by Crippen LogP contribution is 2.45. The standard InChI is InChI=1S/C15H16BrNO/c1-2-17-14(15-13(16)7-8-18-15)12-9-10-5-3-4-6-11(10)12/h3-8,12,14,17H,2,9H2,1H3. The van der Waals surface area contributed by atoms with Gasteiger partial charge in [-0.15, -0.1) is 0 Å². The minimum atomic E-state index is 0.259. The van der Waals surface area contributed by atoms with E-state index in [9.17, 15) is 0 Å². The lowest BCUT2D eigenvalue weighted by molar-refractivity contribution is 0.348. The highest BCUT2D eigenvalue weighted by atomic mass is 79.9. The summed E-state index contributed by atoms with van der Waals surface area (Å²) in [5.74, 6) is 1.53. The van der Waals surface area contributed by atoms with Gasteiger partial charge in [-0.1, -0.05) is 31.2 Å². The van der Waals surface area contributed by atoms with Crippen molar-refractivity contribution < 1.29 is 4.42 Å². The smallest absolute Gasteiger partial charge is 0.135 e. The molecule has 2 unspecified atom stereocenters. The van der Waals surface area contributed by atoms with Crippen molar-refractivity contribution in [2.75, 3.05) is 6.54 Å². The average Bonchev–Trinajstić information content (AvgIpc) is 2.76. The summed E-state index contributed by atoms with van der Waals surface area (Å²) >= 11 is 3.56. The van der Waals surface area contributed by atoms with Gasteiger partial charge in [0.15, 0.2) is 0 Å². The second-order valence-electron chi connectivity index (χ2n) is 4.68. The molecule has 3 heteroatoms. The van der Waals surface area contributed by atoms with Gasteiger partial charge >= 0.3 is 0 Å². The van der Waals surface area contributed by atoms with E-state index in [2.05, 4.69) is 52.4 Å². The lowest BCUT2D eigenvalue weighted by Gasteiger charge is -2.36. The van der Waals surface area contributed by atoms with Crippen LogP contribution in [0.3, 0.4) is 0 Å². The van der Waals surface area contributed by atoms with Gasteiger partial charge in [-0.05, 0) is 46.1 Å². The first-order valence-corrected chi connectivity index (χ1v) is 7.14. The minimum absolute atomic E-state index is 0.259. The second kappa shape index (κ2) is 4.90. The van der Waals surface area contributed by atoms with Gasteiger partial charge in [-0.2, -0.15) is 0 Å². The van der Waals surface area contributed by atoms with Gasteiger partial charge in [0.05, 0.1) is 16.8 Å². The maximum absolute atomic E-state index is 5.64. The van der Waals surface area contributed by atoms with Crippen molar-refractivity contribution in [3.8, 4) is 0 Å². The Bertz CT molecular complexity index is 549. The molecule has 1 aliphatic rings. The molecule has 0 fully saturated rings. The number of fused-ring (bicyclic) bond motifs is 1. The van der Waals surface area contributed by atoms with Gasteiger partial charge in [0.25, 0.3) is 0 Å². The van der Waals surface area contributed by atoms with Crippen LogP contribution in [0.5, 0.6) is 0 Å². The highest BCUT2D eigenvalue weighted by molar-refractivity contribution is 9.10. The summed E-state index contributed by atoms with van der Waals surface area (Å²) in [5.41, 5.74) is 2.92. The van der Waals surface area contributed by atoms with Crippen LogP contribution in [-0.2, 0) is 6.42 Å². The van der Waals surface area contributed by atoms with Crippen LogP contribution in [0.4, 0.5) is 0 Å². The molecule has 3 rings (SSSR count). The third-order valence-corrected chi connectivity index (χ3v) is 4.30. The number of furan rings is 1. The van der Waals surface area contributed by atoms with E-state index >= 15 is 0 Å². The van der Waals surface area contributed by atoms with Crippen LogP contribution in [0.2, 0.25) is 0 Å². The number of hydrogen-bond donors (Lipinski definition) is 1. The summed E-state index contributed by atoms with van der Waals surface area (Å²) in [4.78, 5) is 0. The number of rotatable bonds is 4. The Balaban J connectivity index is 1.91. The van der Waals surface area contributed by atoms with Crippen molar-refractivity contribution in [1.82, 2.24) is 5.32 Å². The Morgan fingerprint density at radius 3 is 2.89 bits per heavy atom. The van der Waals surface area contributed by atoms with E-state index in [1.807, 2.05) is 6.07 Å². The van der Waals surface area contributed by atoms with Crippen LogP contribution in [-0.4, -0.2) is 6.54 Å². The first-order valence-electron chi connectivity index (χ1n) is 6.35. The van der Waals surface area contributed by atoms with Crippen molar-refractivity contribution in [3.63, 3.8) is 0 Å². The molecule has 1 aromatic carbocycles. The summed E-state index contributed by atoms with van der Waals surface area (Å²) in [6.07, 6.45) is 2.87. The number of likely N-dealkylation sites (N-methyl/N-ethyl adjacent to an activating group) is 1. The van der Waals surface area contributed by atoms with Crippen LogP contribution < -0.4 is 5.32 Å². The first kappa shape index (κ1) is 12.0. The highest BCUT2D eigenvalue weighted by Gasteiger charge is 2.35. The predicted octanol–water partition coefficient (Wildman–Crippen LogP) is 4.03. The molecule has 0 aliphatic heterocycles. The zero-order valence-corrected chi connectivity index (χ0v) is 11.9. The van der Waals surface area contributed by atoms with E-state index in [4.69, 9.17) is 4.42 Å². The van der Waals surface area contributed by atoms with Crippen LogP contribution >= 0.6 is 15.9 Å². The Kier molecular flexibility index (Phi) is 3.27. The van der Waals surface area contributed by atoms with E-state index < -0.39 is 0 Å². The lowest BCUT2D eigenvalue weighted by Crippen LogP contribution is -2.33. The molecular formula is C15H16BrNO. The summed E-state index contributed by atoms with van der Waals surface area (Å²) in [7, 11) is 0. The van der Waals surface area contributed by atoms with Crippen molar-refractivity contribution >= 4 is 15.9 Å². The molecule has 2 nitrogen and oxygen atoms in total. The maximum atomic E-state index is 5.64. The van der Waals surface area contributed by atoms with Gasteiger partial charge in [-0.3, -0.25) is 0 Å². The largest absolute Gasteiger partial charge is 0.466 e. The Morgan fingerprint density at radius 2 is 2.22 bits per heavy atom. The normalized spacial score (nSPS) is 19.1. The zero-order valence-electron chi connectivity index (χ0n) is 10.3. The predicted molar refractivity (Wildman–Crippen MR) is 75.7 cm³/mol. The van der Waals surface area contributed by atoms with Crippen molar-refractivity contribution in [2.24, 2.45) is 0 Å². The molecule has 1 aliphatic carbocycles. The summed E-state index contributed by atoms with van der Waals surface area (Å²) < 4.78 is 6.70. The van der Waals surface area contributed by atoms with Crippen LogP contribution in [0.25, 0.3) is 0 Å². The Morgan fingerprint density at radius 1 is 1.39 bits per heavy atom. The van der Waals surface area contributed by atoms with Crippen molar-refractivity contribution in [2.45, 2.75) is 25.3 Å². The molecule has 1 aromatic heterocycles. The first-order chi connectivity index (χ1) is 8.81. The SMILES string of the molecule is CCNC(c1occc1Br)C1Cc2ccccc21. The number of nitrogens with one attached hydrogen (secondary N) is 1. The van der Waals surface area contributed by atoms with Gasteiger partial charge in [-0.25, -0.2) is 0 Å². The topological polar surface area (TPSA) is 25.2 Å². The molecule has 2 aromatic rings. The van der Waals surface area contributed by atoms with E-state index in [0.29, 0.717) is 5.92 Å². The molecule has 2 atom stereocenters. The minimum Gasteiger partial charge on any atom is -0.466 e. The van der Waals surface area contributed by atoms with E-state index in [-0.39, 0.29) is 6.04 Å². The van der Waals surface area contributed by atoms with Gasteiger partial charge in [0.2, 0.25) is 0 Å². The van der Waals surface area contributed by atoms with E-state index in [1.54, 1.807) is 6.26 Å². The molecule has 0 bridgehead atoms. The third kappa shape index (κ3) is 1.91. The van der Waals surface area contributed by atoms with Crippen LogP contribution in [0.1, 0.15) is 35.8 Å². The Labute approximate surface area is 116 Å². The molecule has 0 amide bonds. The monoisotopic (exact) mass is 305 g/mol. The Hall–Kier alpha value is -1.06. The second-order valence-corrected chi connectivity index (χ2v) is 5.53. The molecule has 0 radical (unpaired) electrons. The number of halogens is 1. The van der Waals surface area contributed by atoms with Gasteiger partial charge in [0.1, 0.15) is 5.76 Å². The molecule has 94 valence electrons. The van der Waals surface area contributed by atoms with Crippen molar-refractivity contribution in [1.29, 1.82) is 0 Å². The molecule has 1 N–H and O–H groups in total. The fraction of sp³-hybridized carbons (Fsp3) is 0.333. The quantitative estimate of drug-likeness (QED) is 0.922. The van der Waals surface area contributed by atoms with Crippen molar-refractivity contribution in [3.05, 3.63) is 58.0 Å². The summed E-state index contributed by atoms with van der Waals surface area (Å²) in [6, 6.07) is 10.9. The van der Waals surface area contributed by atoms with Crippen LogP contribution in [0, 0.1) is 0 Å². The lowest BCUT2D eigenvalue weighted by atomic mass is 9.73. The zero-order chi connectivity index (χ0) is 12.5. The molecule has 0 spiro atoms. The number of benzene rings is 1. The van der Waals surface area contributed by atoms with E-state index in [1.165, 1.54) is 11.1 Å². The van der Waals surface area contributed by atoms with Gasteiger partial charge < -0.3 is 9.73 Å². The summed E-state index contributed by atoms with van der Waals surface area (Å²) in [5, 5.41) is 3.54. The number of hydrogen-bond acceptors (Lipinski definition) is 2. The summed E-state index contributed by atoms with van der Waals surface area (Å²) in [6.45, 7) is 3.07. The fourth-order valence-corrected chi connectivity index (χ4v) is 3.21. The molecule has 0 saturated carbocycles. The molecule has 1 heterocycles. The fourth-order valence-electron chi connectivity index (χ4n) is 2.76. The molecule has 0 saturated heterocycles. The average molecular weight is 306 g/mol. The molecular weight excluding hydrogens is 290 g/mol. The van der Waals surface area contributed by atoms with Crippen LogP contribution in [0.15, 0.2) is 45.5 Å². The van der Waals surface area contributed by atoms with E-state index in [0.717, 1.165) is 23.2 Å². The third-order valence-electron chi connectivity index (χ3n) is 3.65. The molecule has 18 heavy (non-hydrogen) atoms. The van der Waals surface area contributed by atoms with Gasteiger partial charge in [0, 0.05) is 5.92 Å².